The van der Waals surface area contributed by atoms with Crippen LogP contribution in [-0.4, -0.2) is 0 Å². The third kappa shape index (κ3) is 3.13. The van der Waals surface area contributed by atoms with E-state index in [1.165, 1.54) is 11.3 Å². The van der Waals surface area contributed by atoms with Gasteiger partial charge in [-0.25, -0.2) is 0 Å². The standard InChI is InChI=1S/C12H7Cl2NOS/c13-11-5-9(2-1-8(11)6-15)16-7-10-3-4-12(14)17-10/h1-5H,7H2. The summed E-state index contributed by atoms with van der Waals surface area (Å²) in [5.74, 6) is 0.638. The molecule has 1 heterocycles. The van der Waals surface area contributed by atoms with Gasteiger partial charge in [-0.15, -0.1) is 11.3 Å². The van der Waals surface area contributed by atoms with Crippen molar-refractivity contribution in [3.8, 4) is 11.8 Å². The van der Waals surface area contributed by atoms with Crippen LogP contribution >= 0.6 is 34.5 Å². The van der Waals surface area contributed by atoms with E-state index in [2.05, 4.69) is 0 Å². The van der Waals surface area contributed by atoms with Gasteiger partial charge in [0.2, 0.25) is 0 Å². The largest absolute Gasteiger partial charge is 0.488 e. The summed E-state index contributed by atoms with van der Waals surface area (Å²) in [5, 5.41) is 9.13. The van der Waals surface area contributed by atoms with Gasteiger partial charge in [0.25, 0.3) is 0 Å². The SMILES string of the molecule is N#Cc1ccc(OCc2ccc(Cl)s2)cc1Cl. The fraction of sp³-hybridized carbons (Fsp3) is 0.0833. The third-order valence-corrected chi connectivity index (χ3v) is 3.59. The van der Waals surface area contributed by atoms with Crippen LogP contribution in [0.4, 0.5) is 0 Å². The van der Waals surface area contributed by atoms with Crippen molar-refractivity contribution in [3.05, 3.63) is 50.1 Å². The molecule has 17 heavy (non-hydrogen) atoms. The molecule has 1 aromatic carbocycles. The molecule has 0 spiro atoms. The number of nitriles is 1. The minimum absolute atomic E-state index is 0.397. The van der Waals surface area contributed by atoms with Crippen LogP contribution in [0.15, 0.2) is 30.3 Å². The maximum absolute atomic E-state index is 8.73. The molecular formula is C12H7Cl2NOS. The Balaban J connectivity index is 2.05. The van der Waals surface area contributed by atoms with Crippen LogP contribution in [0, 0.1) is 11.3 Å². The lowest BCUT2D eigenvalue weighted by Gasteiger charge is -2.05. The van der Waals surface area contributed by atoms with Crippen molar-refractivity contribution in [2.75, 3.05) is 0 Å². The Morgan fingerprint density at radius 2 is 2.06 bits per heavy atom. The first-order chi connectivity index (χ1) is 8.19. The molecule has 0 fully saturated rings. The molecular weight excluding hydrogens is 277 g/mol. The van der Waals surface area contributed by atoms with E-state index in [9.17, 15) is 0 Å². The van der Waals surface area contributed by atoms with E-state index in [0.717, 1.165) is 9.21 Å². The first-order valence-corrected chi connectivity index (χ1v) is 6.33. The van der Waals surface area contributed by atoms with E-state index in [1.54, 1.807) is 18.2 Å². The van der Waals surface area contributed by atoms with E-state index in [0.29, 0.717) is 22.9 Å². The fourth-order valence-corrected chi connectivity index (χ4v) is 2.47. The summed E-state index contributed by atoms with van der Waals surface area (Å²) < 4.78 is 6.28. The maximum atomic E-state index is 8.73. The second-order valence-corrected chi connectivity index (χ2v) is 5.45. The molecule has 0 aliphatic rings. The molecule has 0 N–H and O–H groups in total. The van der Waals surface area contributed by atoms with Crippen molar-refractivity contribution < 1.29 is 4.74 Å². The molecule has 0 amide bonds. The molecule has 2 aromatic rings. The zero-order chi connectivity index (χ0) is 12.3. The molecule has 0 bridgehead atoms. The van der Waals surface area contributed by atoms with Crippen LogP contribution in [0.1, 0.15) is 10.4 Å². The highest BCUT2D eigenvalue weighted by Crippen LogP contribution is 2.25. The predicted molar refractivity (Wildman–Crippen MR) is 69.8 cm³/mol. The minimum Gasteiger partial charge on any atom is -0.488 e. The average Bonchev–Trinajstić information content (AvgIpc) is 2.73. The number of nitrogens with zero attached hydrogens (tertiary/aromatic N) is 1. The average molecular weight is 284 g/mol. The van der Waals surface area contributed by atoms with E-state index in [4.69, 9.17) is 33.2 Å². The molecule has 2 nitrogen and oxygen atoms in total. The molecule has 0 radical (unpaired) electrons. The van der Waals surface area contributed by atoms with Crippen LogP contribution < -0.4 is 4.74 Å². The Bertz CT molecular complexity index is 574. The Labute approximate surface area is 113 Å². The molecule has 0 aliphatic carbocycles. The van der Waals surface area contributed by atoms with Gasteiger partial charge in [0.15, 0.2) is 0 Å². The summed E-state index contributed by atoms with van der Waals surface area (Å²) in [5.41, 5.74) is 0.443. The number of thiophene rings is 1. The van der Waals surface area contributed by atoms with Gasteiger partial charge in [-0.2, -0.15) is 5.26 Å². The zero-order valence-corrected chi connectivity index (χ0v) is 10.9. The fourth-order valence-electron chi connectivity index (χ4n) is 1.26. The van der Waals surface area contributed by atoms with Crippen LogP contribution in [-0.2, 0) is 6.61 Å². The second-order valence-electron chi connectivity index (χ2n) is 3.25. The van der Waals surface area contributed by atoms with Crippen molar-refractivity contribution >= 4 is 34.5 Å². The van der Waals surface area contributed by atoms with Crippen molar-refractivity contribution in [2.24, 2.45) is 0 Å². The Hall–Kier alpha value is -1.21. The number of rotatable bonds is 3. The molecule has 0 aliphatic heterocycles. The summed E-state index contributed by atoms with van der Waals surface area (Å²) in [6.07, 6.45) is 0. The first-order valence-electron chi connectivity index (χ1n) is 4.75. The van der Waals surface area contributed by atoms with Crippen LogP contribution in [0.2, 0.25) is 9.36 Å². The predicted octanol–water partition coefficient (Wildman–Crippen LogP) is 4.51. The van der Waals surface area contributed by atoms with Gasteiger partial charge in [-0.1, -0.05) is 23.2 Å². The van der Waals surface area contributed by atoms with Gasteiger partial charge in [-0.05, 0) is 24.3 Å². The summed E-state index contributed by atoms with van der Waals surface area (Å²) >= 11 is 13.2. The van der Waals surface area contributed by atoms with E-state index in [1.807, 2.05) is 18.2 Å². The highest BCUT2D eigenvalue weighted by atomic mass is 35.5. The summed E-state index contributed by atoms with van der Waals surface area (Å²) in [4.78, 5) is 1.04. The van der Waals surface area contributed by atoms with Crippen LogP contribution in [0.3, 0.4) is 0 Å². The Kier molecular flexibility index (Phi) is 3.90. The molecule has 5 heteroatoms. The quantitative estimate of drug-likeness (QED) is 0.831. The molecule has 2 rings (SSSR count). The van der Waals surface area contributed by atoms with Crippen LogP contribution in [0.25, 0.3) is 0 Å². The zero-order valence-electron chi connectivity index (χ0n) is 8.61. The lowest BCUT2D eigenvalue weighted by Crippen LogP contribution is -1.92. The number of hydrogen-bond acceptors (Lipinski definition) is 3. The summed E-state index contributed by atoms with van der Waals surface area (Å²) in [6, 6.07) is 10.7. The molecule has 1 aromatic heterocycles. The summed E-state index contributed by atoms with van der Waals surface area (Å²) in [6.45, 7) is 0.444. The number of benzene rings is 1. The van der Waals surface area contributed by atoms with Crippen molar-refractivity contribution in [2.45, 2.75) is 6.61 Å². The van der Waals surface area contributed by atoms with Gasteiger partial charge in [0.1, 0.15) is 18.4 Å². The highest BCUT2D eigenvalue weighted by Gasteiger charge is 2.03. The Morgan fingerprint density at radius 3 is 2.65 bits per heavy atom. The van der Waals surface area contributed by atoms with E-state index < -0.39 is 0 Å². The monoisotopic (exact) mass is 283 g/mol. The lowest BCUT2D eigenvalue weighted by atomic mass is 10.2. The second kappa shape index (κ2) is 5.42. The number of halogens is 2. The minimum atomic E-state index is 0.397. The van der Waals surface area contributed by atoms with Gasteiger partial charge in [0, 0.05) is 10.9 Å². The van der Waals surface area contributed by atoms with Gasteiger partial charge in [0.05, 0.1) is 14.9 Å². The maximum Gasteiger partial charge on any atom is 0.122 e. The number of hydrogen-bond donors (Lipinski definition) is 0. The van der Waals surface area contributed by atoms with Crippen LogP contribution in [0.5, 0.6) is 5.75 Å². The first kappa shape index (κ1) is 12.3. The normalized spacial score (nSPS) is 9.94. The third-order valence-electron chi connectivity index (χ3n) is 2.07. The molecule has 86 valence electrons. The van der Waals surface area contributed by atoms with Gasteiger partial charge in [-0.3, -0.25) is 0 Å². The van der Waals surface area contributed by atoms with Gasteiger partial charge >= 0.3 is 0 Å². The molecule has 0 saturated heterocycles. The van der Waals surface area contributed by atoms with E-state index in [-0.39, 0.29) is 0 Å². The number of ether oxygens (including phenoxy) is 1. The molecule has 0 unspecified atom stereocenters. The summed E-state index contributed by atoms with van der Waals surface area (Å²) in [7, 11) is 0. The Morgan fingerprint density at radius 1 is 1.24 bits per heavy atom. The van der Waals surface area contributed by atoms with Crippen molar-refractivity contribution in [1.29, 1.82) is 5.26 Å². The topological polar surface area (TPSA) is 33.0 Å². The van der Waals surface area contributed by atoms with Crippen molar-refractivity contribution in [3.63, 3.8) is 0 Å². The van der Waals surface area contributed by atoms with Gasteiger partial charge < -0.3 is 4.74 Å². The lowest BCUT2D eigenvalue weighted by molar-refractivity contribution is 0.310. The molecule has 0 saturated carbocycles. The van der Waals surface area contributed by atoms with Crippen molar-refractivity contribution in [1.82, 2.24) is 0 Å². The highest BCUT2D eigenvalue weighted by molar-refractivity contribution is 7.16. The molecule has 0 atom stereocenters. The smallest absolute Gasteiger partial charge is 0.122 e. The van der Waals surface area contributed by atoms with E-state index >= 15 is 0 Å².